The van der Waals surface area contributed by atoms with E-state index in [2.05, 4.69) is 0 Å². The number of benzene rings is 1. The molecule has 6 nitrogen and oxygen atoms in total. The van der Waals surface area contributed by atoms with E-state index in [9.17, 15) is 14.9 Å². The van der Waals surface area contributed by atoms with Gasteiger partial charge in [-0.1, -0.05) is 0 Å². The van der Waals surface area contributed by atoms with E-state index in [0.29, 0.717) is 0 Å². The van der Waals surface area contributed by atoms with Crippen LogP contribution in [0.2, 0.25) is 0 Å². The average molecular weight is 262 g/mol. The summed E-state index contributed by atoms with van der Waals surface area (Å²) in [4.78, 5) is 21.9. The second kappa shape index (κ2) is 4.72. The molecule has 0 saturated carbocycles. The molecule has 0 spiro atoms. The molecule has 2 rings (SSSR count). The number of esters is 1. The van der Waals surface area contributed by atoms with Crippen molar-refractivity contribution in [2.24, 2.45) is 7.05 Å². The molecule has 6 heteroatoms. The molecule has 0 radical (unpaired) electrons. The highest BCUT2D eigenvalue weighted by Crippen LogP contribution is 2.28. The van der Waals surface area contributed by atoms with Crippen LogP contribution in [0, 0.1) is 10.1 Å². The third-order valence-corrected chi connectivity index (χ3v) is 3.27. The van der Waals surface area contributed by atoms with Crippen LogP contribution in [0.1, 0.15) is 18.5 Å². The monoisotopic (exact) mass is 262 g/mol. The van der Waals surface area contributed by atoms with Crippen LogP contribution in [0.3, 0.4) is 0 Å². The molecule has 100 valence electrons. The molecule has 19 heavy (non-hydrogen) atoms. The van der Waals surface area contributed by atoms with Gasteiger partial charge in [0, 0.05) is 35.8 Å². The fourth-order valence-electron chi connectivity index (χ4n) is 2.18. The van der Waals surface area contributed by atoms with Crippen LogP contribution in [0.25, 0.3) is 10.9 Å². The lowest BCUT2D eigenvalue weighted by molar-refractivity contribution is -0.384. The van der Waals surface area contributed by atoms with Crippen molar-refractivity contribution in [3.05, 3.63) is 40.1 Å². The van der Waals surface area contributed by atoms with Crippen LogP contribution in [0.15, 0.2) is 24.3 Å². The van der Waals surface area contributed by atoms with Gasteiger partial charge in [-0.25, -0.2) is 0 Å². The molecular formula is C13H14N2O4. The minimum Gasteiger partial charge on any atom is -0.469 e. The molecule has 1 unspecified atom stereocenters. The molecule has 0 saturated heterocycles. The highest BCUT2D eigenvalue weighted by Gasteiger charge is 2.21. The normalized spacial score (nSPS) is 12.4. The Morgan fingerprint density at radius 3 is 2.68 bits per heavy atom. The van der Waals surface area contributed by atoms with Crippen molar-refractivity contribution in [2.45, 2.75) is 12.8 Å². The summed E-state index contributed by atoms with van der Waals surface area (Å²) in [5, 5.41) is 11.5. The van der Waals surface area contributed by atoms with Crippen LogP contribution >= 0.6 is 0 Å². The molecule has 0 fully saturated rings. The minimum absolute atomic E-state index is 0.0374. The first kappa shape index (κ1) is 13.1. The van der Waals surface area contributed by atoms with Crippen molar-refractivity contribution in [2.75, 3.05) is 7.11 Å². The molecule has 1 atom stereocenters. The standard InChI is InChI=1S/C13H14N2O4/c1-8(13(16)19-3)12-7-9-6-10(15(17)18)4-5-11(9)14(12)2/h4-8H,1-3H3. The zero-order valence-electron chi connectivity index (χ0n) is 10.9. The van der Waals surface area contributed by atoms with Gasteiger partial charge in [0.2, 0.25) is 0 Å². The van der Waals surface area contributed by atoms with Gasteiger partial charge >= 0.3 is 5.97 Å². The number of nitrogens with zero attached hydrogens (tertiary/aromatic N) is 2. The number of rotatable bonds is 3. The second-order valence-corrected chi connectivity index (χ2v) is 4.37. The first-order valence-electron chi connectivity index (χ1n) is 5.77. The second-order valence-electron chi connectivity index (χ2n) is 4.37. The van der Waals surface area contributed by atoms with Crippen molar-refractivity contribution in [3.63, 3.8) is 0 Å². The summed E-state index contributed by atoms with van der Waals surface area (Å²) in [5.74, 6) is -0.748. The minimum atomic E-state index is -0.435. The van der Waals surface area contributed by atoms with E-state index >= 15 is 0 Å². The third kappa shape index (κ3) is 2.16. The Morgan fingerprint density at radius 2 is 2.11 bits per heavy atom. The number of aryl methyl sites for hydroxylation is 1. The number of methoxy groups -OCH3 is 1. The van der Waals surface area contributed by atoms with Crippen LogP contribution in [-0.2, 0) is 16.6 Å². The molecule has 1 heterocycles. The Kier molecular flexibility index (Phi) is 3.25. The molecule has 0 N–H and O–H groups in total. The van der Waals surface area contributed by atoms with Crippen molar-refractivity contribution >= 4 is 22.6 Å². The number of hydrogen-bond acceptors (Lipinski definition) is 4. The van der Waals surface area contributed by atoms with Crippen molar-refractivity contribution in [1.82, 2.24) is 4.57 Å². The van der Waals surface area contributed by atoms with E-state index in [4.69, 9.17) is 4.74 Å². The van der Waals surface area contributed by atoms with E-state index in [1.165, 1.54) is 19.2 Å². The van der Waals surface area contributed by atoms with E-state index in [1.54, 1.807) is 19.1 Å². The fraction of sp³-hybridized carbons (Fsp3) is 0.308. The number of hydrogen-bond donors (Lipinski definition) is 0. The smallest absolute Gasteiger partial charge is 0.314 e. The maximum Gasteiger partial charge on any atom is 0.314 e. The van der Waals surface area contributed by atoms with Gasteiger partial charge in [0.1, 0.15) is 0 Å². The lowest BCUT2D eigenvalue weighted by atomic mass is 10.1. The first-order valence-corrected chi connectivity index (χ1v) is 5.77. The van der Waals surface area contributed by atoms with Crippen LogP contribution in [0.4, 0.5) is 5.69 Å². The van der Waals surface area contributed by atoms with E-state index in [0.717, 1.165) is 16.6 Å². The predicted octanol–water partition coefficient (Wildman–Crippen LogP) is 2.36. The summed E-state index contributed by atoms with van der Waals surface area (Å²) < 4.78 is 6.57. The molecule has 0 amide bonds. The van der Waals surface area contributed by atoms with Crippen LogP contribution in [0.5, 0.6) is 0 Å². The number of aromatic nitrogens is 1. The summed E-state index contributed by atoms with van der Waals surface area (Å²) in [5.41, 5.74) is 1.65. The number of nitro benzene ring substituents is 1. The Hall–Kier alpha value is -2.37. The Morgan fingerprint density at radius 1 is 1.42 bits per heavy atom. The number of ether oxygens (including phenoxy) is 1. The largest absolute Gasteiger partial charge is 0.469 e. The van der Waals surface area contributed by atoms with Crippen LogP contribution in [-0.4, -0.2) is 22.6 Å². The zero-order chi connectivity index (χ0) is 14.2. The highest BCUT2D eigenvalue weighted by molar-refractivity contribution is 5.86. The average Bonchev–Trinajstić information content (AvgIpc) is 2.73. The van der Waals surface area contributed by atoms with E-state index in [-0.39, 0.29) is 11.7 Å². The van der Waals surface area contributed by atoms with Crippen LogP contribution < -0.4 is 0 Å². The number of fused-ring (bicyclic) bond motifs is 1. The van der Waals surface area contributed by atoms with Gasteiger partial charge in [0.15, 0.2) is 0 Å². The topological polar surface area (TPSA) is 74.4 Å². The summed E-state index contributed by atoms with van der Waals surface area (Å²) in [7, 11) is 3.16. The summed E-state index contributed by atoms with van der Waals surface area (Å²) in [6, 6.07) is 6.42. The molecule has 1 aromatic carbocycles. The summed E-state index contributed by atoms with van der Waals surface area (Å²) in [6.07, 6.45) is 0. The number of nitro groups is 1. The molecule has 0 aliphatic rings. The molecular weight excluding hydrogens is 248 g/mol. The molecule has 0 aliphatic carbocycles. The lowest BCUT2D eigenvalue weighted by Gasteiger charge is -2.10. The van der Waals surface area contributed by atoms with Gasteiger partial charge in [-0.05, 0) is 19.1 Å². The SMILES string of the molecule is COC(=O)C(C)c1cc2cc([N+](=O)[O-])ccc2n1C. The predicted molar refractivity (Wildman–Crippen MR) is 70.0 cm³/mol. The third-order valence-electron chi connectivity index (χ3n) is 3.27. The number of non-ortho nitro benzene ring substituents is 1. The number of carbonyl (C=O) groups is 1. The van der Waals surface area contributed by atoms with Gasteiger partial charge in [-0.15, -0.1) is 0 Å². The number of carbonyl (C=O) groups excluding carboxylic acids is 1. The fourth-order valence-corrected chi connectivity index (χ4v) is 2.18. The molecule has 1 aromatic heterocycles. The van der Waals surface area contributed by atoms with Crippen molar-refractivity contribution in [1.29, 1.82) is 0 Å². The summed E-state index contributed by atoms with van der Waals surface area (Å²) >= 11 is 0. The first-order chi connectivity index (χ1) is 8.95. The van der Waals surface area contributed by atoms with Gasteiger partial charge in [0.25, 0.3) is 5.69 Å². The Bertz CT molecular complexity index is 660. The van der Waals surface area contributed by atoms with Gasteiger partial charge in [-0.3, -0.25) is 14.9 Å². The van der Waals surface area contributed by atoms with E-state index < -0.39 is 10.8 Å². The quantitative estimate of drug-likeness (QED) is 0.483. The lowest BCUT2D eigenvalue weighted by Crippen LogP contribution is -2.13. The summed E-state index contributed by atoms with van der Waals surface area (Å²) in [6.45, 7) is 1.74. The van der Waals surface area contributed by atoms with Crippen molar-refractivity contribution < 1.29 is 14.5 Å². The van der Waals surface area contributed by atoms with Gasteiger partial charge in [-0.2, -0.15) is 0 Å². The van der Waals surface area contributed by atoms with E-state index in [1.807, 2.05) is 11.6 Å². The highest BCUT2D eigenvalue weighted by atomic mass is 16.6. The zero-order valence-corrected chi connectivity index (χ0v) is 10.9. The van der Waals surface area contributed by atoms with Gasteiger partial charge in [0.05, 0.1) is 18.0 Å². The maximum atomic E-state index is 11.6. The van der Waals surface area contributed by atoms with Gasteiger partial charge < -0.3 is 9.30 Å². The Balaban J connectivity index is 2.56. The van der Waals surface area contributed by atoms with Crippen molar-refractivity contribution in [3.8, 4) is 0 Å². The molecule has 0 aliphatic heterocycles. The maximum absolute atomic E-state index is 11.6. The molecule has 2 aromatic rings. The Labute approximate surface area is 109 Å². The molecule has 0 bridgehead atoms.